The minimum absolute atomic E-state index is 0.0580. The number of sulfone groups is 1. The van der Waals surface area contributed by atoms with Gasteiger partial charge in [-0.15, -0.1) is 0 Å². The van der Waals surface area contributed by atoms with Crippen LogP contribution >= 0.6 is 0 Å². The summed E-state index contributed by atoms with van der Waals surface area (Å²) in [5, 5.41) is 9.82. The van der Waals surface area contributed by atoms with Gasteiger partial charge >= 0.3 is 0 Å². The molecule has 2 aromatic carbocycles. The van der Waals surface area contributed by atoms with Gasteiger partial charge in [0.15, 0.2) is 9.84 Å². The topological polar surface area (TPSA) is 63.6 Å². The van der Waals surface area contributed by atoms with Gasteiger partial charge in [-0.1, -0.05) is 42.5 Å². The van der Waals surface area contributed by atoms with Gasteiger partial charge < -0.3 is 9.84 Å². The molecule has 23 heavy (non-hydrogen) atoms. The second-order valence-electron chi connectivity index (χ2n) is 5.34. The van der Waals surface area contributed by atoms with E-state index < -0.39 is 21.8 Å². The van der Waals surface area contributed by atoms with E-state index in [9.17, 15) is 17.9 Å². The molecule has 2 aromatic rings. The molecule has 0 spiro atoms. The Morgan fingerprint density at radius 2 is 1.65 bits per heavy atom. The highest BCUT2D eigenvalue weighted by molar-refractivity contribution is 7.90. The van der Waals surface area contributed by atoms with Crippen LogP contribution in [0.25, 0.3) is 0 Å². The molecular weight excluding hydrogens is 319 g/mol. The molecule has 1 N–H and O–H groups in total. The largest absolute Gasteiger partial charge is 0.390 e. The maximum Gasteiger partial charge on any atom is 0.157 e. The molecular formula is C17H19FO4S. The summed E-state index contributed by atoms with van der Waals surface area (Å²) in [7, 11) is -3.49. The standard InChI is InChI=1S/C17H19FO4S/c18-16-8-6-15(7-9-16)12-23(20,21)13-17(19)11-22-10-14-4-2-1-3-5-14/h1-9,17,19H,10-13H2. The fourth-order valence-electron chi connectivity index (χ4n) is 2.12. The highest BCUT2D eigenvalue weighted by atomic mass is 32.2. The van der Waals surface area contributed by atoms with Crippen LogP contribution < -0.4 is 0 Å². The number of hydrogen-bond acceptors (Lipinski definition) is 4. The number of hydrogen-bond donors (Lipinski definition) is 1. The Labute approximate surface area is 135 Å². The van der Waals surface area contributed by atoms with Crippen LogP contribution in [0.3, 0.4) is 0 Å². The number of aliphatic hydroxyl groups excluding tert-OH is 1. The Morgan fingerprint density at radius 1 is 1.00 bits per heavy atom. The average Bonchev–Trinajstić information content (AvgIpc) is 2.50. The SMILES string of the molecule is O=S(=O)(Cc1ccc(F)cc1)CC(O)COCc1ccccc1. The lowest BCUT2D eigenvalue weighted by molar-refractivity contribution is 0.0390. The third kappa shape index (κ3) is 6.48. The summed E-state index contributed by atoms with van der Waals surface area (Å²) < 4.78 is 42.2. The van der Waals surface area contributed by atoms with Gasteiger partial charge in [0, 0.05) is 0 Å². The molecule has 124 valence electrons. The zero-order chi connectivity index (χ0) is 16.7. The highest BCUT2D eigenvalue weighted by Crippen LogP contribution is 2.10. The quantitative estimate of drug-likeness (QED) is 0.802. The molecule has 4 nitrogen and oxygen atoms in total. The lowest BCUT2D eigenvalue weighted by Gasteiger charge is -2.12. The Hall–Kier alpha value is -1.76. The summed E-state index contributed by atoms with van der Waals surface area (Å²) in [4.78, 5) is 0. The molecule has 0 bridgehead atoms. The molecule has 0 aliphatic rings. The van der Waals surface area contributed by atoms with Gasteiger partial charge in [-0.3, -0.25) is 0 Å². The van der Waals surface area contributed by atoms with Crippen LogP contribution in [0, 0.1) is 5.82 Å². The average molecular weight is 338 g/mol. The van der Waals surface area contributed by atoms with Crippen LogP contribution in [0.15, 0.2) is 54.6 Å². The van der Waals surface area contributed by atoms with Crippen molar-refractivity contribution in [1.29, 1.82) is 0 Å². The lowest BCUT2D eigenvalue weighted by Crippen LogP contribution is -2.26. The van der Waals surface area contributed by atoms with Crippen LogP contribution in [-0.2, 0) is 26.9 Å². The molecule has 0 aliphatic carbocycles. The monoisotopic (exact) mass is 338 g/mol. The first-order valence-electron chi connectivity index (χ1n) is 7.19. The minimum Gasteiger partial charge on any atom is -0.390 e. The zero-order valence-electron chi connectivity index (χ0n) is 12.6. The van der Waals surface area contributed by atoms with E-state index >= 15 is 0 Å². The first-order valence-corrected chi connectivity index (χ1v) is 9.01. The first kappa shape index (κ1) is 17.6. The van der Waals surface area contributed by atoms with Crippen molar-refractivity contribution in [3.05, 3.63) is 71.5 Å². The Morgan fingerprint density at radius 3 is 2.30 bits per heavy atom. The number of benzene rings is 2. The van der Waals surface area contributed by atoms with E-state index in [4.69, 9.17) is 4.74 Å². The predicted octanol–water partition coefficient (Wildman–Crippen LogP) is 2.32. The lowest BCUT2D eigenvalue weighted by atomic mass is 10.2. The van der Waals surface area contributed by atoms with Gasteiger partial charge in [-0.2, -0.15) is 0 Å². The molecule has 0 saturated heterocycles. The van der Waals surface area contributed by atoms with Crippen molar-refractivity contribution in [2.24, 2.45) is 0 Å². The molecule has 1 atom stereocenters. The van der Waals surface area contributed by atoms with E-state index in [1.165, 1.54) is 24.3 Å². The number of ether oxygens (including phenoxy) is 1. The normalized spacial score (nSPS) is 13.0. The maximum absolute atomic E-state index is 12.8. The molecule has 0 heterocycles. The van der Waals surface area contributed by atoms with Crippen molar-refractivity contribution in [2.75, 3.05) is 12.4 Å². The molecule has 6 heteroatoms. The minimum atomic E-state index is -3.49. The number of rotatable bonds is 8. The number of aliphatic hydroxyl groups is 1. The van der Waals surface area contributed by atoms with Gasteiger partial charge in [0.1, 0.15) is 5.82 Å². The summed E-state index contributed by atoms with van der Waals surface area (Å²) in [6.45, 7) is 0.257. The molecule has 0 radical (unpaired) electrons. The van der Waals surface area contributed by atoms with Crippen molar-refractivity contribution in [3.8, 4) is 0 Å². The van der Waals surface area contributed by atoms with E-state index in [1.807, 2.05) is 30.3 Å². The summed E-state index contributed by atoms with van der Waals surface area (Å²) in [5.74, 6) is -1.04. The second kappa shape index (κ2) is 8.19. The van der Waals surface area contributed by atoms with Crippen LogP contribution in [-0.4, -0.2) is 32.0 Å². The van der Waals surface area contributed by atoms with Crippen LogP contribution in [0.2, 0.25) is 0 Å². The zero-order valence-corrected chi connectivity index (χ0v) is 13.4. The van der Waals surface area contributed by atoms with Gasteiger partial charge in [0.05, 0.1) is 30.8 Å². The van der Waals surface area contributed by atoms with Crippen molar-refractivity contribution >= 4 is 9.84 Å². The molecule has 2 rings (SSSR count). The summed E-state index contributed by atoms with van der Waals surface area (Å²) in [5.41, 5.74) is 1.44. The van der Waals surface area contributed by atoms with E-state index in [2.05, 4.69) is 0 Å². The molecule has 1 unspecified atom stereocenters. The van der Waals surface area contributed by atoms with E-state index in [0.29, 0.717) is 12.2 Å². The van der Waals surface area contributed by atoms with Gasteiger partial charge in [0.25, 0.3) is 0 Å². The summed E-state index contributed by atoms with van der Waals surface area (Å²) >= 11 is 0. The molecule has 0 saturated carbocycles. The van der Waals surface area contributed by atoms with Crippen molar-refractivity contribution in [1.82, 2.24) is 0 Å². The highest BCUT2D eigenvalue weighted by Gasteiger charge is 2.18. The van der Waals surface area contributed by atoms with Gasteiger partial charge in [-0.25, -0.2) is 12.8 Å². The first-order chi connectivity index (χ1) is 10.9. The van der Waals surface area contributed by atoms with Gasteiger partial charge in [0.2, 0.25) is 0 Å². The van der Waals surface area contributed by atoms with Crippen molar-refractivity contribution in [2.45, 2.75) is 18.5 Å². The Kier molecular flexibility index (Phi) is 6.27. The fourth-order valence-corrected chi connectivity index (χ4v) is 3.62. The van der Waals surface area contributed by atoms with Crippen LogP contribution in [0.4, 0.5) is 4.39 Å². The van der Waals surface area contributed by atoms with E-state index in [-0.39, 0.29) is 18.1 Å². The fraction of sp³-hybridized carbons (Fsp3) is 0.294. The Balaban J connectivity index is 1.79. The smallest absolute Gasteiger partial charge is 0.157 e. The van der Waals surface area contributed by atoms with E-state index in [0.717, 1.165) is 5.56 Å². The Bertz CT molecular complexity index is 699. The van der Waals surface area contributed by atoms with Crippen molar-refractivity contribution in [3.63, 3.8) is 0 Å². The van der Waals surface area contributed by atoms with Gasteiger partial charge in [-0.05, 0) is 23.3 Å². The summed E-state index contributed by atoms with van der Waals surface area (Å²) in [6, 6.07) is 14.7. The van der Waals surface area contributed by atoms with Crippen LogP contribution in [0.1, 0.15) is 11.1 Å². The second-order valence-corrected chi connectivity index (χ2v) is 7.44. The van der Waals surface area contributed by atoms with E-state index in [1.54, 1.807) is 0 Å². The molecule has 0 fully saturated rings. The van der Waals surface area contributed by atoms with Crippen LogP contribution in [0.5, 0.6) is 0 Å². The third-order valence-electron chi connectivity index (χ3n) is 3.17. The number of halogens is 1. The molecule has 0 aliphatic heterocycles. The molecule has 0 aromatic heterocycles. The molecule has 0 amide bonds. The van der Waals surface area contributed by atoms with Crippen molar-refractivity contribution < 1.29 is 22.7 Å². The summed E-state index contributed by atoms with van der Waals surface area (Å²) in [6.07, 6.45) is -1.09. The predicted molar refractivity (Wildman–Crippen MR) is 86.0 cm³/mol. The maximum atomic E-state index is 12.8. The third-order valence-corrected chi connectivity index (χ3v) is 4.83.